The summed E-state index contributed by atoms with van der Waals surface area (Å²) in [5.74, 6) is 0.691. The molecule has 0 aliphatic carbocycles. The molecule has 1 unspecified atom stereocenters. The molecule has 0 spiro atoms. The minimum Gasteiger partial charge on any atom is -0.392 e. The molecule has 51 heavy (non-hydrogen) atoms. The number of hydrogen-bond donors (Lipinski definition) is 4. The molecule has 3 aromatic heterocycles. The molecule has 2 aliphatic rings. The number of hydrogen-bond acceptors (Lipinski definition) is 9. The Kier molecular flexibility index (Phi) is 9.79. The highest BCUT2D eigenvalue weighted by Gasteiger charge is 2.22. The van der Waals surface area contributed by atoms with Crippen molar-refractivity contribution in [2.45, 2.75) is 45.1 Å². The van der Waals surface area contributed by atoms with Crippen LogP contribution in [0.4, 0.5) is 22.9 Å². The molecule has 2 atom stereocenters. The van der Waals surface area contributed by atoms with E-state index in [-0.39, 0.29) is 12.2 Å². The van der Waals surface area contributed by atoms with Crippen LogP contribution in [0.1, 0.15) is 29.5 Å². The van der Waals surface area contributed by atoms with E-state index in [1.54, 1.807) is 0 Å². The third kappa shape index (κ3) is 7.26. The first kappa shape index (κ1) is 34.2. The third-order valence-corrected chi connectivity index (χ3v) is 11.3. The summed E-state index contributed by atoms with van der Waals surface area (Å²) in [4.78, 5) is 18.9. The average molecular weight is 812 g/mol. The number of aliphatic hydroxyl groups excluding tert-OH is 2. The van der Waals surface area contributed by atoms with Crippen LogP contribution in [0.15, 0.2) is 85.3 Å². The molecule has 0 amide bonds. The molecule has 260 valence electrons. The number of benzene rings is 3. The lowest BCUT2D eigenvalue weighted by molar-refractivity contribution is 0.174. The fourth-order valence-electron chi connectivity index (χ4n) is 7.30. The SMILES string of the molecule is Cc1c(Nc2nccc3cc(CN4CCC(O)C4)cnc23)cccc1-c1cccc(Nc2c(I)ccc3cc(CN4CC[C@@H](O)C4)cnc23)c1Cl. The summed E-state index contributed by atoms with van der Waals surface area (Å²) in [6.45, 7) is 6.83. The number of halogens is 2. The van der Waals surface area contributed by atoms with Crippen molar-refractivity contribution >= 4 is 78.9 Å². The van der Waals surface area contributed by atoms with E-state index >= 15 is 0 Å². The van der Waals surface area contributed by atoms with Gasteiger partial charge in [-0.25, -0.2) is 4.98 Å². The van der Waals surface area contributed by atoms with Crippen LogP contribution < -0.4 is 10.6 Å². The smallest absolute Gasteiger partial charge is 0.156 e. The highest BCUT2D eigenvalue weighted by atomic mass is 127. The summed E-state index contributed by atoms with van der Waals surface area (Å²) in [7, 11) is 0. The molecule has 6 aromatic rings. The number of fused-ring (bicyclic) bond motifs is 2. The van der Waals surface area contributed by atoms with Gasteiger partial charge in [0.25, 0.3) is 0 Å². The largest absolute Gasteiger partial charge is 0.392 e. The summed E-state index contributed by atoms with van der Waals surface area (Å²) in [6, 6.07) is 22.8. The molecule has 8 rings (SSSR count). The van der Waals surface area contributed by atoms with E-state index in [0.717, 1.165) is 109 Å². The van der Waals surface area contributed by atoms with Crippen molar-refractivity contribution in [2.24, 2.45) is 0 Å². The van der Waals surface area contributed by atoms with Gasteiger partial charge in [0.1, 0.15) is 5.52 Å². The Labute approximate surface area is 315 Å². The first-order valence-corrected chi connectivity index (χ1v) is 18.8. The summed E-state index contributed by atoms with van der Waals surface area (Å²) in [5, 5.41) is 29.7. The zero-order chi connectivity index (χ0) is 35.1. The van der Waals surface area contributed by atoms with Crippen molar-refractivity contribution in [1.29, 1.82) is 0 Å². The van der Waals surface area contributed by atoms with Gasteiger partial charge in [-0.05, 0) is 101 Å². The van der Waals surface area contributed by atoms with Gasteiger partial charge in [0.15, 0.2) is 5.82 Å². The second-order valence-electron chi connectivity index (χ2n) is 13.7. The van der Waals surface area contributed by atoms with E-state index in [1.807, 2.05) is 55.0 Å². The fourth-order valence-corrected chi connectivity index (χ4v) is 8.15. The Bertz CT molecular complexity index is 2250. The van der Waals surface area contributed by atoms with Crippen LogP contribution >= 0.6 is 34.2 Å². The van der Waals surface area contributed by atoms with E-state index in [1.165, 1.54) is 0 Å². The minimum atomic E-state index is -0.243. The van der Waals surface area contributed by atoms with Crippen molar-refractivity contribution in [3.63, 3.8) is 0 Å². The number of likely N-dealkylation sites (tertiary alicyclic amines) is 2. The van der Waals surface area contributed by atoms with Crippen LogP contribution in [0.2, 0.25) is 5.02 Å². The van der Waals surface area contributed by atoms with Gasteiger partial charge in [0.2, 0.25) is 0 Å². The minimum absolute atomic E-state index is 0.242. The average Bonchev–Trinajstić information content (AvgIpc) is 3.74. The quantitative estimate of drug-likeness (QED) is 0.108. The standard InChI is InChI=1S/C40H39ClIN7O2/c1-24-31(4-2-6-34(24)47-40-38-28(10-13-43-40)17-26(19-45-38)21-49-15-12-30(51)23-49)32-5-3-7-35(36(32)41)46-39-33(42)9-8-27-16-25(18-44-37(27)39)20-48-14-11-29(50)22-48/h2-10,13,16-19,29-30,46,50-51H,11-12,14-15,20-23H2,1H3,(H,43,47)/t29-,30?/m1/s1. The maximum atomic E-state index is 9.95. The monoisotopic (exact) mass is 811 g/mol. The van der Waals surface area contributed by atoms with Crippen molar-refractivity contribution in [2.75, 3.05) is 36.8 Å². The molecule has 2 aliphatic heterocycles. The summed E-state index contributed by atoms with van der Waals surface area (Å²) < 4.78 is 1.05. The molecule has 2 fully saturated rings. The maximum absolute atomic E-state index is 9.95. The molecule has 0 radical (unpaired) electrons. The van der Waals surface area contributed by atoms with Crippen LogP contribution in [0, 0.1) is 10.5 Å². The maximum Gasteiger partial charge on any atom is 0.156 e. The number of anilines is 4. The molecule has 2 saturated heterocycles. The second-order valence-corrected chi connectivity index (χ2v) is 15.2. The third-order valence-electron chi connectivity index (χ3n) is 9.96. The molecule has 3 aromatic carbocycles. The van der Waals surface area contributed by atoms with Gasteiger partial charge in [-0.2, -0.15) is 0 Å². The predicted octanol–water partition coefficient (Wildman–Crippen LogP) is 8.03. The molecule has 9 nitrogen and oxygen atoms in total. The zero-order valence-electron chi connectivity index (χ0n) is 28.3. The van der Waals surface area contributed by atoms with Gasteiger partial charge in [0, 0.05) is 83.5 Å². The van der Waals surface area contributed by atoms with E-state index in [0.29, 0.717) is 23.9 Å². The lowest BCUT2D eigenvalue weighted by Gasteiger charge is -2.18. The van der Waals surface area contributed by atoms with Crippen LogP contribution in [-0.2, 0) is 13.1 Å². The Balaban J connectivity index is 1.05. The predicted molar refractivity (Wildman–Crippen MR) is 214 cm³/mol. The van der Waals surface area contributed by atoms with Gasteiger partial charge in [-0.1, -0.05) is 41.9 Å². The van der Waals surface area contributed by atoms with Crippen LogP contribution in [0.3, 0.4) is 0 Å². The number of rotatable bonds is 9. The lowest BCUT2D eigenvalue weighted by Crippen LogP contribution is -2.21. The summed E-state index contributed by atoms with van der Waals surface area (Å²) >= 11 is 9.55. The van der Waals surface area contributed by atoms with Crippen molar-refractivity contribution in [3.8, 4) is 11.1 Å². The Hall–Kier alpha value is -3.91. The number of nitrogens with zero attached hydrogens (tertiary/aromatic N) is 5. The van der Waals surface area contributed by atoms with Gasteiger partial charge >= 0.3 is 0 Å². The van der Waals surface area contributed by atoms with Crippen LogP contribution in [0.5, 0.6) is 0 Å². The molecular weight excluding hydrogens is 773 g/mol. The van der Waals surface area contributed by atoms with Crippen LogP contribution in [0.25, 0.3) is 32.9 Å². The lowest BCUT2D eigenvalue weighted by atomic mass is 9.98. The summed E-state index contributed by atoms with van der Waals surface area (Å²) in [5.41, 5.74) is 9.54. The first-order chi connectivity index (χ1) is 24.8. The van der Waals surface area contributed by atoms with E-state index in [2.05, 4.69) is 85.3 Å². The van der Waals surface area contributed by atoms with Gasteiger partial charge in [-0.3, -0.25) is 19.8 Å². The molecular formula is C40H39ClIN7O2. The first-order valence-electron chi connectivity index (χ1n) is 17.3. The van der Waals surface area contributed by atoms with E-state index in [4.69, 9.17) is 21.6 Å². The van der Waals surface area contributed by atoms with Gasteiger partial charge in [0.05, 0.1) is 34.1 Å². The van der Waals surface area contributed by atoms with Gasteiger partial charge < -0.3 is 20.8 Å². The number of β-amino-alcohol motifs (C(OH)–C–C–N with tert-alkyl or cyclic N) is 2. The van der Waals surface area contributed by atoms with Crippen molar-refractivity contribution < 1.29 is 10.2 Å². The number of aliphatic hydroxyl groups is 2. The van der Waals surface area contributed by atoms with E-state index in [9.17, 15) is 10.2 Å². The normalized spacial score (nSPS) is 18.2. The molecule has 5 heterocycles. The van der Waals surface area contributed by atoms with Crippen LogP contribution in [-0.4, -0.2) is 73.4 Å². The Morgan fingerprint density at radius 3 is 2.06 bits per heavy atom. The number of nitrogens with one attached hydrogen (secondary N) is 2. The van der Waals surface area contributed by atoms with Crippen molar-refractivity contribution in [1.82, 2.24) is 24.8 Å². The molecule has 0 saturated carbocycles. The van der Waals surface area contributed by atoms with Gasteiger partial charge in [-0.15, -0.1) is 0 Å². The number of pyridine rings is 3. The van der Waals surface area contributed by atoms with Crippen molar-refractivity contribution in [3.05, 3.63) is 111 Å². The Morgan fingerprint density at radius 1 is 0.765 bits per heavy atom. The fraction of sp³-hybridized carbons (Fsp3) is 0.275. The zero-order valence-corrected chi connectivity index (χ0v) is 31.2. The highest BCUT2D eigenvalue weighted by molar-refractivity contribution is 14.1. The highest BCUT2D eigenvalue weighted by Crippen LogP contribution is 2.40. The number of aromatic nitrogens is 3. The molecule has 4 N–H and O–H groups in total. The molecule has 11 heteroatoms. The molecule has 0 bridgehead atoms. The topological polar surface area (TPSA) is 110 Å². The Morgan fingerprint density at radius 2 is 1.39 bits per heavy atom. The second kappa shape index (κ2) is 14.6. The summed E-state index contributed by atoms with van der Waals surface area (Å²) in [6.07, 6.45) is 6.81. The van der Waals surface area contributed by atoms with E-state index < -0.39 is 0 Å².